The third-order valence-electron chi connectivity index (χ3n) is 7.71. The van der Waals surface area contributed by atoms with Crippen LogP contribution in [0.25, 0.3) is 0 Å². The second-order valence-electron chi connectivity index (χ2n) is 12.5. The Morgan fingerprint density at radius 3 is 2.02 bits per heavy atom. The first-order valence-electron chi connectivity index (χ1n) is 15.5. The average Bonchev–Trinajstić information content (AvgIpc) is 2.92. The van der Waals surface area contributed by atoms with Crippen molar-refractivity contribution in [1.82, 2.24) is 10.2 Å². The van der Waals surface area contributed by atoms with Gasteiger partial charge in [0.1, 0.15) is 17.7 Å². The molecule has 0 aliphatic heterocycles. The average molecular weight is 580 g/mol. The number of anilines is 1. The molecule has 2 rings (SSSR count). The standard InChI is InChI=1S/C35H53N3O4/c1-10-12-13-14-17-23-38(33(40)30(24(3)11-2)37-34(41)42-35(7,8)9)31(28-22-16-15-19-25(28)4)32(39)36-29-26(5)20-18-21-27(29)6/h15-16,18-22,24,30-31H,10-14,17,23H2,1-9H3,(H,36,39)(H,37,41). The Morgan fingerprint density at radius 2 is 1.45 bits per heavy atom. The molecular formula is C35H53N3O4. The van der Waals surface area contributed by atoms with Crippen molar-refractivity contribution >= 4 is 23.6 Å². The first-order chi connectivity index (χ1) is 19.8. The van der Waals surface area contributed by atoms with Crippen LogP contribution in [0.3, 0.4) is 0 Å². The maximum absolute atomic E-state index is 14.6. The lowest BCUT2D eigenvalue weighted by Gasteiger charge is -2.36. The Hall–Kier alpha value is -3.35. The van der Waals surface area contributed by atoms with Crippen LogP contribution in [0.1, 0.15) is 108 Å². The molecule has 2 aromatic rings. The van der Waals surface area contributed by atoms with E-state index in [1.165, 1.54) is 0 Å². The van der Waals surface area contributed by atoms with Gasteiger partial charge < -0.3 is 20.3 Å². The molecule has 0 saturated heterocycles. The van der Waals surface area contributed by atoms with E-state index in [9.17, 15) is 14.4 Å². The van der Waals surface area contributed by atoms with Gasteiger partial charge in [0.05, 0.1) is 0 Å². The smallest absolute Gasteiger partial charge is 0.408 e. The molecule has 42 heavy (non-hydrogen) atoms. The molecule has 0 saturated carbocycles. The number of aryl methyl sites for hydroxylation is 3. The Kier molecular flexibility index (Phi) is 13.5. The highest BCUT2D eigenvalue weighted by Crippen LogP contribution is 2.30. The molecule has 0 aliphatic carbocycles. The highest BCUT2D eigenvalue weighted by molar-refractivity contribution is 6.00. The number of unbranched alkanes of at least 4 members (excludes halogenated alkanes) is 4. The van der Waals surface area contributed by atoms with Crippen molar-refractivity contribution in [1.29, 1.82) is 0 Å². The molecule has 2 aromatic carbocycles. The minimum Gasteiger partial charge on any atom is -0.444 e. The zero-order valence-corrected chi connectivity index (χ0v) is 27.3. The summed E-state index contributed by atoms with van der Waals surface area (Å²) in [7, 11) is 0. The van der Waals surface area contributed by atoms with Crippen molar-refractivity contribution < 1.29 is 19.1 Å². The summed E-state index contributed by atoms with van der Waals surface area (Å²) in [6.07, 6.45) is 5.03. The second kappa shape index (κ2) is 16.3. The molecule has 0 radical (unpaired) electrons. The van der Waals surface area contributed by atoms with E-state index in [-0.39, 0.29) is 17.7 Å². The number of hydrogen-bond acceptors (Lipinski definition) is 4. The molecule has 0 bridgehead atoms. The van der Waals surface area contributed by atoms with Gasteiger partial charge in [-0.2, -0.15) is 0 Å². The summed E-state index contributed by atoms with van der Waals surface area (Å²) in [5.41, 5.74) is 3.64. The second-order valence-corrected chi connectivity index (χ2v) is 12.5. The predicted octanol–water partition coefficient (Wildman–Crippen LogP) is 8.03. The van der Waals surface area contributed by atoms with Gasteiger partial charge in [-0.25, -0.2) is 4.79 Å². The van der Waals surface area contributed by atoms with Crippen LogP contribution in [0.2, 0.25) is 0 Å². The van der Waals surface area contributed by atoms with E-state index in [1.807, 2.05) is 77.1 Å². The summed E-state index contributed by atoms with van der Waals surface area (Å²) in [6.45, 7) is 17.8. The SMILES string of the molecule is CCCCCCCN(C(=O)C(NC(=O)OC(C)(C)C)C(C)CC)C(C(=O)Nc1c(C)cccc1C)c1ccccc1C. The first-order valence-corrected chi connectivity index (χ1v) is 15.5. The van der Waals surface area contributed by atoms with Crippen LogP contribution in [0.4, 0.5) is 10.5 Å². The fourth-order valence-corrected chi connectivity index (χ4v) is 5.10. The quantitative estimate of drug-likeness (QED) is 0.222. The molecule has 3 amide bonds. The van der Waals surface area contributed by atoms with Crippen molar-refractivity contribution in [2.24, 2.45) is 5.92 Å². The molecule has 0 spiro atoms. The number of alkyl carbamates (subject to hydrolysis) is 1. The van der Waals surface area contributed by atoms with Gasteiger partial charge in [-0.3, -0.25) is 9.59 Å². The van der Waals surface area contributed by atoms with Crippen LogP contribution in [0, 0.1) is 26.7 Å². The topological polar surface area (TPSA) is 87.7 Å². The summed E-state index contributed by atoms with van der Waals surface area (Å²) in [4.78, 5) is 43.5. The molecule has 3 unspecified atom stereocenters. The van der Waals surface area contributed by atoms with E-state index in [1.54, 1.807) is 25.7 Å². The normalized spacial score (nSPS) is 13.5. The van der Waals surface area contributed by atoms with Crippen LogP contribution < -0.4 is 10.6 Å². The largest absolute Gasteiger partial charge is 0.444 e. The summed E-state index contributed by atoms with van der Waals surface area (Å²) in [5.74, 6) is -0.730. The van der Waals surface area contributed by atoms with E-state index < -0.39 is 23.8 Å². The molecule has 0 fully saturated rings. The zero-order chi connectivity index (χ0) is 31.4. The van der Waals surface area contributed by atoms with E-state index in [0.29, 0.717) is 13.0 Å². The number of benzene rings is 2. The Balaban J connectivity index is 2.60. The minimum atomic E-state index is -0.879. The monoisotopic (exact) mass is 579 g/mol. The minimum absolute atomic E-state index is 0.174. The lowest BCUT2D eigenvalue weighted by atomic mass is 9.94. The summed E-state index contributed by atoms with van der Waals surface area (Å²) in [6, 6.07) is 11.9. The number of carbonyl (C=O) groups excluding carboxylic acids is 3. The number of rotatable bonds is 14. The number of carbonyl (C=O) groups is 3. The van der Waals surface area contributed by atoms with Gasteiger partial charge in [-0.05, 0) is 76.1 Å². The summed E-state index contributed by atoms with van der Waals surface area (Å²) < 4.78 is 5.54. The molecule has 0 aliphatic rings. The maximum atomic E-state index is 14.6. The highest BCUT2D eigenvalue weighted by Gasteiger charge is 2.38. The van der Waals surface area contributed by atoms with Gasteiger partial charge >= 0.3 is 6.09 Å². The molecule has 0 heterocycles. The molecule has 7 nitrogen and oxygen atoms in total. The van der Waals surface area contributed by atoms with Gasteiger partial charge in [0.15, 0.2) is 0 Å². The summed E-state index contributed by atoms with van der Waals surface area (Å²) in [5, 5.41) is 6.02. The lowest BCUT2D eigenvalue weighted by molar-refractivity contribution is -0.142. The van der Waals surface area contributed by atoms with Crippen LogP contribution in [-0.4, -0.2) is 41.0 Å². The fraction of sp³-hybridized carbons (Fsp3) is 0.571. The lowest BCUT2D eigenvalue weighted by Crippen LogP contribution is -2.55. The van der Waals surface area contributed by atoms with Crippen molar-refractivity contribution in [3.63, 3.8) is 0 Å². The van der Waals surface area contributed by atoms with E-state index in [4.69, 9.17) is 4.74 Å². The Morgan fingerprint density at radius 1 is 0.857 bits per heavy atom. The Bertz CT molecular complexity index is 1170. The number of nitrogens with zero attached hydrogens (tertiary/aromatic N) is 1. The molecule has 3 atom stereocenters. The highest BCUT2D eigenvalue weighted by atomic mass is 16.6. The molecule has 7 heteroatoms. The fourth-order valence-electron chi connectivity index (χ4n) is 5.10. The zero-order valence-electron chi connectivity index (χ0n) is 27.3. The van der Waals surface area contributed by atoms with Crippen LogP contribution in [0.5, 0.6) is 0 Å². The van der Waals surface area contributed by atoms with Crippen LogP contribution in [0.15, 0.2) is 42.5 Å². The van der Waals surface area contributed by atoms with E-state index in [0.717, 1.165) is 60.0 Å². The van der Waals surface area contributed by atoms with Gasteiger partial charge in [-0.15, -0.1) is 0 Å². The van der Waals surface area contributed by atoms with Crippen molar-refractivity contribution in [3.05, 3.63) is 64.7 Å². The van der Waals surface area contributed by atoms with Gasteiger partial charge in [0, 0.05) is 12.2 Å². The number of amides is 3. The molecule has 2 N–H and O–H groups in total. The number of nitrogens with one attached hydrogen (secondary N) is 2. The van der Waals surface area contributed by atoms with Gasteiger partial charge in [-0.1, -0.05) is 95.3 Å². The van der Waals surface area contributed by atoms with Gasteiger partial charge in [0.25, 0.3) is 5.91 Å². The number of hydrogen-bond donors (Lipinski definition) is 2. The molecule has 232 valence electrons. The van der Waals surface area contributed by atoms with Crippen LogP contribution >= 0.6 is 0 Å². The van der Waals surface area contributed by atoms with Crippen molar-refractivity contribution in [2.75, 3.05) is 11.9 Å². The van der Waals surface area contributed by atoms with Gasteiger partial charge in [0.2, 0.25) is 5.91 Å². The Labute approximate surface area is 253 Å². The summed E-state index contributed by atoms with van der Waals surface area (Å²) >= 11 is 0. The van der Waals surface area contributed by atoms with Crippen LogP contribution in [-0.2, 0) is 14.3 Å². The number of ether oxygens (including phenoxy) is 1. The third-order valence-corrected chi connectivity index (χ3v) is 7.71. The number of para-hydroxylation sites is 1. The maximum Gasteiger partial charge on any atom is 0.408 e. The third kappa shape index (κ3) is 10.2. The predicted molar refractivity (Wildman–Crippen MR) is 172 cm³/mol. The molecular weight excluding hydrogens is 526 g/mol. The van der Waals surface area contributed by atoms with E-state index >= 15 is 0 Å². The molecule has 0 aromatic heterocycles. The van der Waals surface area contributed by atoms with E-state index in [2.05, 4.69) is 17.6 Å². The first kappa shape index (κ1) is 34.8. The van der Waals surface area contributed by atoms with Crippen molar-refractivity contribution in [3.8, 4) is 0 Å². The van der Waals surface area contributed by atoms with Crippen molar-refractivity contribution in [2.45, 2.75) is 119 Å².